The molecule has 2 atom stereocenters. The molecule has 20 heavy (non-hydrogen) atoms. The van der Waals surface area contributed by atoms with Gasteiger partial charge in [0.05, 0.1) is 13.0 Å². The molecule has 1 saturated carbocycles. The highest BCUT2D eigenvalue weighted by atomic mass is 16.4. The second kappa shape index (κ2) is 6.31. The molecule has 1 fully saturated rings. The van der Waals surface area contributed by atoms with Gasteiger partial charge in [0.15, 0.2) is 0 Å². The number of anilines is 1. The number of aromatic nitrogens is 4. The number of aliphatic carboxylic acids is 1. The number of amides is 2. The number of aryl methyl sites for hydroxylation is 1. The van der Waals surface area contributed by atoms with Crippen molar-refractivity contribution in [1.29, 1.82) is 0 Å². The fourth-order valence-electron chi connectivity index (χ4n) is 2.42. The molecule has 0 saturated heterocycles. The molecule has 2 unspecified atom stereocenters. The molecular weight excluding hydrogens is 264 g/mol. The van der Waals surface area contributed by atoms with Crippen LogP contribution in [0.2, 0.25) is 0 Å². The summed E-state index contributed by atoms with van der Waals surface area (Å²) in [5.41, 5.74) is 0. The Morgan fingerprint density at radius 3 is 2.70 bits per heavy atom. The maximum absolute atomic E-state index is 11.8. The van der Waals surface area contributed by atoms with E-state index in [2.05, 4.69) is 26.0 Å². The predicted molar refractivity (Wildman–Crippen MR) is 69.0 cm³/mol. The summed E-state index contributed by atoms with van der Waals surface area (Å²) in [6.07, 6.45) is 4.04. The molecule has 9 heteroatoms. The third-order valence-corrected chi connectivity index (χ3v) is 3.38. The summed E-state index contributed by atoms with van der Waals surface area (Å²) < 4.78 is 0. The highest BCUT2D eigenvalue weighted by Gasteiger charge is 2.30. The van der Waals surface area contributed by atoms with Crippen LogP contribution in [0.15, 0.2) is 0 Å². The van der Waals surface area contributed by atoms with Crippen molar-refractivity contribution in [2.24, 2.45) is 13.0 Å². The van der Waals surface area contributed by atoms with E-state index in [0.29, 0.717) is 12.8 Å². The number of tetrazole rings is 1. The summed E-state index contributed by atoms with van der Waals surface area (Å²) >= 11 is 0. The van der Waals surface area contributed by atoms with Crippen LogP contribution >= 0.6 is 0 Å². The first-order chi connectivity index (χ1) is 9.56. The number of carboxylic acids is 1. The Morgan fingerprint density at radius 2 is 2.05 bits per heavy atom. The first-order valence-corrected chi connectivity index (χ1v) is 6.60. The van der Waals surface area contributed by atoms with Gasteiger partial charge in [-0.15, -0.1) is 5.10 Å². The highest BCUT2D eigenvalue weighted by molar-refractivity contribution is 5.87. The summed E-state index contributed by atoms with van der Waals surface area (Å²) in [6, 6.07) is -0.872. The maximum atomic E-state index is 11.8. The van der Waals surface area contributed by atoms with Gasteiger partial charge in [-0.2, -0.15) is 4.80 Å². The Hall–Kier alpha value is -2.19. The molecule has 0 aliphatic heterocycles. The lowest BCUT2D eigenvalue weighted by atomic mass is 9.95. The zero-order valence-electron chi connectivity index (χ0n) is 11.2. The van der Waals surface area contributed by atoms with E-state index in [1.165, 1.54) is 4.80 Å². The normalized spacial score (nSPS) is 22.9. The molecule has 9 nitrogen and oxygen atoms in total. The average molecular weight is 282 g/mol. The summed E-state index contributed by atoms with van der Waals surface area (Å²) in [6.45, 7) is 0. The second-order valence-electron chi connectivity index (χ2n) is 4.89. The van der Waals surface area contributed by atoms with Crippen molar-refractivity contribution < 1.29 is 14.7 Å². The van der Waals surface area contributed by atoms with Crippen molar-refractivity contribution >= 4 is 17.9 Å². The quantitative estimate of drug-likeness (QED) is 0.688. The summed E-state index contributed by atoms with van der Waals surface area (Å²) in [7, 11) is 1.59. The molecule has 2 rings (SSSR count). The molecule has 0 radical (unpaired) electrons. The van der Waals surface area contributed by atoms with Gasteiger partial charge in [0.2, 0.25) is 0 Å². The third kappa shape index (κ3) is 3.65. The Bertz CT molecular complexity index is 488. The Kier molecular flexibility index (Phi) is 4.49. The molecule has 110 valence electrons. The molecule has 1 heterocycles. The topological polar surface area (TPSA) is 122 Å². The SMILES string of the molecule is Cn1nnc(NC(=O)NC2CCCCCC2C(=O)O)n1. The van der Waals surface area contributed by atoms with E-state index in [1.807, 2.05) is 0 Å². The first kappa shape index (κ1) is 14.2. The zero-order valence-corrected chi connectivity index (χ0v) is 11.2. The Labute approximate surface area is 115 Å². The van der Waals surface area contributed by atoms with Gasteiger partial charge in [-0.1, -0.05) is 24.4 Å². The van der Waals surface area contributed by atoms with Crippen molar-refractivity contribution in [3.05, 3.63) is 0 Å². The molecule has 1 aliphatic carbocycles. The maximum Gasteiger partial charge on any atom is 0.321 e. The van der Waals surface area contributed by atoms with E-state index in [9.17, 15) is 14.7 Å². The van der Waals surface area contributed by atoms with Gasteiger partial charge in [-0.05, 0) is 18.1 Å². The van der Waals surface area contributed by atoms with Gasteiger partial charge >= 0.3 is 12.0 Å². The van der Waals surface area contributed by atoms with E-state index in [-0.39, 0.29) is 12.0 Å². The fourth-order valence-corrected chi connectivity index (χ4v) is 2.42. The molecule has 0 bridgehead atoms. The first-order valence-electron chi connectivity index (χ1n) is 6.60. The van der Waals surface area contributed by atoms with Gasteiger partial charge in [0, 0.05) is 6.04 Å². The smallest absolute Gasteiger partial charge is 0.321 e. The summed E-state index contributed by atoms with van der Waals surface area (Å²) in [5.74, 6) is -1.32. The van der Waals surface area contributed by atoms with Crippen LogP contribution < -0.4 is 10.6 Å². The van der Waals surface area contributed by atoms with Crippen LogP contribution in [0.5, 0.6) is 0 Å². The van der Waals surface area contributed by atoms with Crippen LogP contribution in [0.3, 0.4) is 0 Å². The van der Waals surface area contributed by atoms with Crippen molar-refractivity contribution in [3.8, 4) is 0 Å². The monoisotopic (exact) mass is 282 g/mol. The van der Waals surface area contributed by atoms with Crippen LogP contribution in [-0.4, -0.2) is 43.4 Å². The number of rotatable bonds is 3. The van der Waals surface area contributed by atoms with Gasteiger partial charge in [-0.25, -0.2) is 4.79 Å². The fraction of sp³-hybridized carbons (Fsp3) is 0.727. The minimum absolute atomic E-state index is 0.0884. The minimum Gasteiger partial charge on any atom is -0.481 e. The molecule has 1 aromatic heterocycles. The number of urea groups is 1. The van der Waals surface area contributed by atoms with Gasteiger partial charge in [0.1, 0.15) is 0 Å². The van der Waals surface area contributed by atoms with Crippen LogP contribution in [-0.2, 0) is 11.8 Å². The van der Waals surface area contributed by atoms with Gasteiger partial charge in [-0.3, -0.25) is 10.1 Å². The number of carbonyl (C=O) groups is 2. The van der Waals surface area contributed by atoms with Crippen molar-refractivity contribution in [2.45, 2.75) is 38.1 Å². The standard InChI is InChI=1S/C11H18N6O3/c1-17-15-10(14-16-17)13-11(20)12-8-6-4-2-3-5-7(8)9(18)19/h7-8H,2-6H2,1H3,(H,18,19)(H2,12,13,15,20). The molecular formula is C11H18N6O3. The van der Waals surface area contributed by atoms with E-state index in [4.69, 9.17) is 0 Å². The Morgan fingerprint density at radius 1 is 1.30 bits per heavy atom. The van der Waals surface area contributed by atoms with Crippen molar-refractivity contribution in [1.82, 2.24) is 25.5 Å². The number of nitrogens with zero attached hydrogens (tertiary/aromatic N) is 4. The van der Waals surface area contributed by atoms with Crippen LogP contribution in [0.4, 0.5) is 10.7 Å². The number of carbonyl (C=O) groups excluding carboxylic acids is 1. The van der Waals surface area contributed by atoms with Gasteiger partial charge < -0.3 is 10.4 Å². The minimum atomic E-state index is -0.866. The van der Waals surface area contributed by atoms with Crippen molar-refractivity contribution in [3.63, 3.8) is 0 Å². The number of carboxylic acid groups (broad SMARTS) is 1. The predicted octanol–water partition coefficient (Wildman–Crippen LogP) is 0.365. The lowest BCUT2D eigenvalue weighted by Gasteiger charge is -2.22. The second-order valence-corrected chi connectivity index (χ2v) is 4.89. The molecule has 2 amide bonds. The van der Waals surface area contributed by atoms with E-state index in [1.54, 1.807) is 7.05 Å². The van der Waals surface area contributed by atoms with Crippen LogP contribution in [0.1, 0.15) is 32.1 Å². The Balaban J connectivity index is 1.95. The molecule has 3 N–H and O–H groups in total. The van der Waals surface area contributed by atoms with Gasteiger partial charge in [0.25, 0.3) is 5.95 Å². The van der Waals surface area contributed by atoms with E-state index >= 15 is 0 Å². The number of hydrogen-bond donors (Lipinski definition) is 3. The third-order valence-electron chi connectivity index (χ3n) is 3.38. The molecule has 0 spiro atoms. The molecule has 0 aromatic carbocycles. The lowest BCUT2D eigenvalue weighted by Crippen LogP contribution is -2.44. The summed E-state index contributed by atoms with van der Waals surface area (Å²) in [5, 5.41) is 25.4. The van der Waals surface area contributed by atoms with Crippen LogP contribution in [0, 0.1) is 5.92 Å². The van der Waals surface area contributed by atoms with E-state index < -0.39 is 17.9 Å². The molecule has 1 aromatic rings. The van der Waals surface area contributed by atoms with Crippen molar-refractivity contribution in [2.75, 3.05) is 5.32 Å². The highest BCUT2D eigenvalue weighted by Crippen LogP contribution is 2.23. The lowest BCUT2D eigenvalue weighted by molar-refractivity contribution is -0.142. The summed E-state index contributed by atoms with van der Waals surface area (Å²) in [4.78, 5) is 24.3. The van der Waals surface area contributed by atoms with E-state index in [0.717, 1.165) is 19.3 Å². The van der Waals surface area contributed by atoms with Crippen LogP contribution in [0.25, 0.3) is 0 Å². The largest absolute Gasteiger partial charge is 0.481 e. The number of hydrogen-bond acceptors (Lipinski definition) is 5. The average Bonchev–Trinajstić information content (AvgIpc) is 2.64. The molecule has 1 aliphatic rings. The zero-order chi connectivity index (χ0) is 14.5. The number of nitrogens with one attached hydrogen (secondary N) is 2.